The Kier molecular flexibility index (Phi) is 4.77. The lowest BCUT2D eigenvalue weighted by Crippen LogP contribution is -2.57. The lowest BCUT2D eigenvalue weighted by atomic mass is 9.80. The molecule has 0 radical (unpaired) electrons. The third-order valence-corrected chi connectivity index (χ3v) is 4.58. The van der Waals surface area contributed by atoms with Crippen molar-refractivity contribution in [1.82, 2.24) is 5.32 Å². The van der Waals surface area contributed by atoms with Crippen molar-refractivity contribution >= 4 is 5.97 Å². The number of fused-ring (bicyclic) bond motifs is 1. The molecule has 2 aromatic carbocycles. The highest BCUT2D eigenvalue weighted by Crippen LogP contribution is 2.28. The maximum Gasteiger partial charge on any atom is 0.326 e. The predicted octanol–water partition coefficient (Wildman–Crippen LogP) is 3.27. The van der Waals surface area contributed by atoms with E-state index in [1.165, 1.54) is 16.7 Å². The highest BCUT2D eigenvalue weighted by Gasteiger charge is 2.41. The fourth-order valence-electron chi connectivity index (χ4n) is 3.25. The molecule has 0 aromatic heterocycles. The zero-order chi connectivity index (χ0) is 16.1. The Hall–Kier alpha value is -2.13. The number of esters is 1. The number of hydrogen-bond acceptors (Lipinski definition) is 3. The minimum Gasteiger partial charge on any atom is -0.465 e. The molecule has 3 rings (SSSR count). The van der Waals surface area contributed by atoms with Gasteiger partial charge in [0.2, 0.25) is 0 Å². The highest BCUT2D eigenvalue weighted by atomic mass is 16.5. The molecule has 3 heteroatoms. The quantitative estimate of drug-likeness (QED) is 0.862. The van der Waals surface area contributed by atoms with Gasteiger partial charge in [0.15, 0.2) is 0 Å². The molecule has 0 saturated heterocycles. The number of carbonyl (C=O) groups excluding carboxylic acids is 1. The molecule has 1 atom stereocenters. The first-order valence-electron chi connectivity index (χ1n) is 8.26. The fraction of sp³-hybridized carbons (Fsp3) is 0.350. The van der Waals surface area contributed by atoms with Crippen LogP contribution in [-0.4, -0.2) is 18.1 Å². The summed E-state index contributed by atoms with van der Waals surface area (Å²) in [6.07, 6.45) is 2.29. The largest absolute Gasteiger partial charge is 0.465 e. The number of nitrogens with one attached hydrogen (secondary N) is 1. The first-order chi connectivity index (χ1) is 11.2. The second-order valence-electron chi connectivity index (χ2n) is 6.09. The van der Waals surface area contributed by atoms with Crippen LogP contribution in [0.3, 0.4) is 0 Å². The molecule has 0 bridgehead atoms. The van der Waals surface area contributed by atoms with Crippen molar-refractivity contribution in [3.63, 3.8) is 0 Å². The Balaban J connectivity index is 1.82. The zero-order valence-electron chi connectivity index (χ0n) is 13.5. The summed E-state index contributed by atoms with van der Waals surface area (Å²) >= 11 is 0. The van der Waals surface area contributed by atoms with Crippen molar-refractivity contribution in [2.24, 2.45) is 0 Å². The van der Waals surface area contributed by atoms with Gasteiger partial charge in [0.05, 0.1) is 6.61 Å². The monoisotopic (exact) mass is 309 g/mol. The molecule has 3 nitrogen and oxygen atoms in total. The van der Waals surface area contributed by atoms with E-state index in [4.69, 9.17) is 4.74 Å². The van der Waals surface area contributed by atoms with Gasteiger partial charge < -0.3 is 4.74 Å². The van der Waals surface area contributed by atoms with Gasteiger partial charge in [-0.3, -0.25) is 10.1 Å². The van der Waals surface area contributed by atoms with Crippen molar-refractivity contribution in [3.05, 3.63) is 71.3 Å². The average molecular weight is 309 g/mol. The number of rotatable bonds is 5. The van der Waals surface area contributed by atoms with Crippen LogP contribution in [0.1, 0.15) is 30.0 Å². The lowest BCUT2D eigenvalue weighted by molar-refractivity contribution is -0.152. The van der Waals surface area contributed by atoms with Crippen LogP contribution in [0.4, 0.5) is 0 Å². The molecule has 1 N–H and O–H groups in total. The van der Waals surface area contributed by atoms with Gasteiger partial charge in [-0.05, 0) is 36.5 Å². The number of benzene rings is 2. The molecular weight excluding hydrogens is 286 g/mol. The van der Waals surface area contributed by atoms with E-state index in [0.29, 0.717) is 19.6 Å². The van der Waals surface area contributed by atoms with Crippen LogP contribution in [0.25, 0.3) is 0 Å². The maximum absolute atomic E-state index is 12.7. The molecule has 120 valence electrons. The molecule has 0 saturated carbocycles. The van der Waals surface area contributed by atoms with Gasteiger partial charge in [0.25, 0.3) is 0 Å². The topological polar surface area (TPSA) is 38.3 Å². The molecule has 23 heavy (non-hydrogen) atoms. The third kappa shape index (κ3) is 3.45. The second-order valence-corrected chi connectivity index (χ2v) is 6.09. The Labute approximate surface area is 137 Å². The number of hydrogen-bond donors (Lipinski definition) is 1. The molecular formula is C20H23NO2. The SMILES string of the molecule is CCOC(=O)C1(CCc2ccccc2)Cc2ccccc2CN1. The van der Waals surface area contributed by atoms with E-state index < -0.39 is 5.54 Å². The van der Waals surface area contributed by atoms with Crippen LogP contribution in [0.2, 0.25) is 0 Å². The van der Waals surface area contributed by atoms with Crippen LogP contribution in [0.15, 0.2) is 54.6 Å². The summed E-state index contributed by atoms with van der Waals surface area (Å²) in [5.74, 6) is -0.134. The normalized spacial score (nSPS) is 19.9. The summed E-state index contributed by atoms with van der Waals surface area (Å²) in [5.41, 5.74) is 3.14. The Morgan fingerprint density at radius 1 is 1.09 bits per heavy atom. The molecule has 0 spiro atoms. The average Bonchev–Trinajstić information content (AvgIpc) is 2.61. The molecule has 0 fully saturated rings. The smallest absolute Gasteiger partial charge is 0.326 e. The van der Waals surface area contributed by atoms with Crippen LogP contribution < -0.4 is 5.32 Å². The third-order valence-electron chi connectivity index (χ3n) is 4.58. The van der Waals surface area contributed by atoms with E-state index in [-0.39, 0.29) is 5.97 Å². The van der Waals surface area contributed by atoms with Gasteiger partial charge in [0.1, 0.15) is 5.54 Å². The standard InChI is InChI=1S/C20H23NO2/c1-2-23-19(22)20(13-12-16-8-4-3-5-9-16)14-17-10-6-7-11-18(17)15-21-20/h3-11,21H,2,12-15H2,1H3. The Morgan fingerprint density at radius 2 is 1.78 bits per heavy atom. The van der Waals surface area contributed by atoms with Gasteiger partial charge in [0, 0.05) is 13.0 Å². The van der Waals surface area contributed by atoms with Gasteiger partial charge in [-0.15, -0.1) is 0 Å². The summed E-state index contributed by atoms with van der Waals surface area (Å²) < 4.78 is 5.39. The first-order valence-corrected chi connectivity index (χ1v) is 8.26. The van der Waals surface area contributed by atoms with E-state index in [0.717, 1.165) is 12.8 Å². The minimum absolute atomic E-state index is 0.134. The van der Waals surface area contributed by atoms with Crippen molar-refractivity contribution in [2.45, 2.75) is 38.3 Å². The minimum atomic E-state index is -0.625. The van der Waals surface area contributed by atoms with Crippen molar-refractivity contribution in [2.75, 3.05) is 6.61 Å². The molecule has 1 aliphatic heterocycles. The molecule has 0 amide bonds. The number of ether oxygens (including phenoxy) is 1. The van der Waals surface area contributed by atoms with Crippen molar-refractivity contribution in [1.29, 1.82) is 0 Å². The van der Waals surface area contributed by atoms with Crippen molar-refractivity contribution < 1.29 is 9.53 Å². The van der Waals surface area contributed by atoms with Gasteiger partial charge >= 0.3 is 5.97 Å². The van der Waals surface area contributed by atoms with Crippen LogP contribution in [0.5, 0.6) is 0 Å². The molecule has 0 aliphatic carbocycles. The van der Waals surface area contributed by atoms with Crippen LogP contribution in [-0.2, 0) is 28.9 Å². The van der Waals surface area contributed by atoms with E-state index >= 15 is 0 Å². The molecule has 1 heterocycles. The van der Waals surface area contributed by atoms with Gasteiger partial charge in [-0.25, -0.2) is 0 Å². The summed E-state index contributed by atoms with van der Waals surface area (Å²) in [6, 6.07) is 18.6. The second kappa shape index (κ2) is 6.97. The van der Waals surface area contributed by atoms with E-state index in [2.05, 4.69) is 29.6 Å². The Bertz CT molecular complexity index is 668. The van der Waals surface area contributed by atoms with Gasteiger partial charge in [-0.1, -0.05) is 54.6 Å². The lowest BCUT2D eigenvalue weighted by Gasteiger charge is -2.37. The van der Waals surface area contributed by atoms with E-state index in [9.17, 15) is 4.79 Å². The van der Waals surface area contributed by atoms with Gasteiger partial charge in [-0.2, -0.15) is 0 Å². The molecule has 2 aromatic rings. The predicted molar refractivity (Wildman–Crippen MR) is 91.1 cm³/mol. The summed E-state index contributed by atoms with van der Waals surface area (Å²) in [6.45, 7) is 2.98. The fourth-order valence-corrected chi connectivity index (χ4v) is 3.25. The molecule has 1 aliphatic rings. The summed E-state index contributed by atoms with van der Waals surface area (Å²) in [5, 5.41) is 3.47. The molecule has 1 unspecified atom stereocenters. The Morgan fingerprint density at radius 3 is 2.52 bits per heavy atom. The van der Waals surface area contributed by atoms with Crippen molar-refractivity contribution in [3.8, 4) is 0 Å². The first kappa shape index (κ1) is 15.8. The zero-order valence-corrected chi connectivity index (χ0v) is 13.5. The maximum atomic E-state index is 12.7. The summed E-state index contributed by atoms with van der Waals surface area (Å²) in [7, 11) is 0. The summed E-state index contributed by atoms with van der Waals surface area (Å²) in [4.78, 5) is 12.7. The number of carbonyl (C=O) groups is 1. The van der Waals surface area contributed by atoms with Crippen LogP contribution in [0, 0.1) is 0 Å². The van der Waals surface area contributed by atoms with E-state index in [1.807, 2.05) is 37.3 Å². The van der Waals surface area contributed by atoms with E-state index in [1.54, 1.807) is 0 Å². The number of aryl methyl sites for hydroxylation is 1. The highest BCUT2D eigenvalue weighted by molar-refractivity contribution is 5.82. The van der Waals surface area contributed by atoms with Crippen LogP contribution >= 0.6 is 0 Å².